The van der Waals surface area contributed by atoms with Crippen molar-refractivity contribution in [2.45, 2.75) is 0 Å². The molecule has 0 aliphatic carbocycles. The highest BCUT2D eigenvalue weighted by molar-refractivity contribution is 7.22. The van der Waals surface area contributed by atoms with E-state index in [2.05, 4.69) is 4.90 Å². The van der Waals surface area contributed by atoms with E-state index in [1.165, 1.54) is 0 Å². The normalized spacial score (nSPS) is 14.3. The number of anilines is 1. The Morgan fingerprint density at radius 1 is 0.939 bits per heavy atom. The van der Waals surface area contributed by atoms with Gasteiger partial charge in [-0.2, -0.15) is 0 Å². The minimum atomic E-state index is 0.0393. The third-order valence-corrected chi connectivity index (χ3v) is 7.27. The summed E-state index contributed by atoms with van der Waals surface area (Å²) in [5.74, 6) is 0.0393. The van der Waals surface area contributed by atoms with Gasteiger partial charge < -0.3 is 14.2 Å². The van der Waals surface area contributed by atoms with Crippen LogP contribution >= 0.6 is 22.9 Å². The number of halogens is 1. The number of aromatic nitrogens is 3. The van der Waals surface area contributed by atoms with Crippen LogP contribution in [-0.2, 0) is 0 Å². The fourth-order valence-corrected chi connectivity index (χ4v) is 5.46. The molecule has 3 aromatic heterocycles. The van der Waals surface area contributed by atoms with Gasteiger partial charge in [0, 0.05) is 54.7 Å². The predicted octanol–water partition coefficient (Wildman–Crippen LogP) is 5.23. The van der Waals surface area contributed by atoms with Gasteiger partial charge in [-0.15, -0.1) is 0 Å². The molecule has 0 bridgehead atoms. The Kier molecular flexibility index (Phi) is 5.00. The van der Waals surface area contributed by atoms with Gasteiger partial charge in [0.2, 0.25) is 0 Å². The number of carbonyl (C=O) groups excluding carboxylic acids is 1. The molecule has 1 fully saturated rings. The molecule has 1 saturated heterocycles. The molecule has 33 heavy (non-hydrogen) atoms. The molecule has 6 rings (SSSR count). The van der Waals surface area contributed by atoms with Gasteiger partial charge >= 0.3 is 0 Å². The lowest BCUT2D eigenvalue weighted by atomic mass is 10.2. The average molecular weight is 474 g/mol. The molecule has 6 nitrogen and oxygen atoms in total. The second-order valence-electron chi connectivity index (χ2n) is 8.06. The van der Waals surface area contributed by atoms with Gasteiger partial charge in [0.1, 0.15) is 5.65 Å². The summed E-state index contributed by atoms with van der Waals surface area (Å²) >= 11 is 7.75. The average Bonchev–Trinajstić information content (AvgIpc) is 3.47. The fraction of sp³-hybridized carbons (Fsp3) is 0.160. The van der Waals surface area contributed by atoms with Crippen LogP contribution in [0.1, 0.15) is 10.4 Å². The third kappa shape index (κ3) is 3.83. The second kappa shape index (κ2) is 8.17. The van der Waals surface area contributed by atoms with Crippen molar-refractivity contribution >= 4 is 49.8 Å². The van der Waals surface area contributed by atoms with E-state index in [9.17, 15) is 4.79 Å². The van der Waals surface area contributed by atoms with Crippen LogP contribution in [0.2, 0.25) is 5.02 Å². The highest BCUT2D eigenvalue weighted by atomic mass is 35.5. The fourth-order valence-electron chi connectivity index (χ4n) is 4.17. The topological polar surface area (TPSA) is 53.7 Å². The predicted molar refractivity (Wildman–Crippen MR) is 133 cm³/mol. The monoisotopic (exact) mass is 473 g/mol. The molecule has 4 heterocycles. The summed E-state index contributed by atoms with van der Waals surface area (Å²) in [6.07, 6.45) is 3.90. The minimum Gasteiger partial charge on any atom is -0.345 e. The summed E-state index contributed by atoms with van der Waals surface area (Å²) in [5.41, 5.74) is 4.34. The molecule has 2 aromatic carbocycles. The standard InChI is InChI=1S/C25H20ClN5OS/c26-19-6-7-20-22(15-19)33-25(28-20)30-12-10-29(11-13-30)24(32)18-8-9-31-16-21(27-23(31)14-18)17-4-2-1-3-5-17/h1-9,14-16H,10-13H2. The van der Waals surface area contributed by atoms with Crippen LogP contribution in [0.4, 0.5) is 5.13 Å². The zero-order valence-corrected chi connectivity index (χ0v) is 19.3. The number of rotatable bonds is 3. The van der Waals surface area contributed by atoms with Crippen molar-refractivity contribution in [1.29, 1.82) is 0 Å². The maximum Gasteiger partial charge on any atom is 0.254 e. The number of fused-ring (bicyclic) bond motifs is 2. The number of benzene rings is 2. The smallest absolute Gasteiger partial charge is 0.254 e. The highest BCUT2D eigenvalue weighted by Gasteiger charge is 2.24. The first-order valence-corrected chi connectivity index (χ1v) is 12.0. The molecule has 0 N–H and O–H groups in total. The van der Waals surface area contributed by atoms with Crippen molar-refractivity contribution in [2.75, 3.05) is 31.1 Å². The van der Waals surface area contributed by atoms with E-state index in [0.717, 1.165) is 50.4 Å². The molecule has 1 amide bonds. The number of nitrogens with zero attached hydrogens (tertiary/aromatic N) is 5. The molecule has 0 spiro atoms. The van der Waals surface area contributed by atoms with Crippen LogP contribution in [0.15, 0.2) is 73.1 Å². The van der Waals surface area contributed by atoms with Crippen LogP contribution in [0.25, 0.3) is 27.1 Å². The first-order valence-electron chi connectivity index (χ1n) is 10.8. The Morgan fingerprint density at radius 3 is 2.58 bits per heavy atom. The Hall–Kier alpha value is -3.42. The van der Waals surface area contributed by atoms with Crippen molar-refractivity contribution in [3.05, 3.63) is 83.6 Å². The number of imidazole rings is 1. The number of piperazine rings is 1. The van der Waals surface area contributed by atoms with Gasteiger partial charge in [0.15, 0.2) is 5.13 Å². The van der Waals surface area contributed by atoms with Crippen molar-refractivity contribution in [3.63, 3.8) is 0 Å². The van der Waals surface area contributed by atoms with E-state index in [0.29, 0.717) is 18.7 Å². The molecule has 8 heteroatoms. The third-order valence-electron chi connectivity index (χ3n) is 5.95. The summed E-state index contributed by atoms with van der Waals surface area (Å²) < 4.78 is 3.04. The van der Waals surface area contributed by atoms with Crippen molar-refractivity contribution in [3.8, 4) is 11.3 Å². The van der Waals surface area contributed by atoms with E-state index in [4.69, 9.17) is 21.6 Å². The summed E-state index contributed by atoms with van der Waals surface area (Å²) in [6.45, 7) is 2.82. The highest BCUT2D eigenvalue weighted by Crippen LogP contribution is 2.31. The lowest BCUT2D eigenvalue weighted by Crippen LogP contribution is -2.48. The van der Waals surface area contributed by atoms with Crippen LogP contribution in [0.5, 0.6) is 0 Å². The number of hydrogen-bond acceptors (Lipinski definition) is 5. The zero-order chi connectivity index (χ0) is 22.4. The van der Waals surface area contributed by atoms with Gasteiger partial charge in [-0.25, -0.2) is 9.97 Å². The Morgan fingerprint density at radius 2 is 1.76 bits per heavy atom. The zero-order valence-electron chi connectivity index (χ0n) is 17.7. The maximum absolute atomic E-state index is 13.2. The van der Waals surface area contributed by atoms with E-state index >= 15 is 0 Å². The molecule has 5 aromatic rings. The lowest BCUT2D eigenvalue weighted by Gasteiger charge is -2.34. The Bertz CT molecular complexity index is 1470. The number of amides is 1. The largest absolute Gasteiger partial charge is 0.345 e. The van der Waals surface area contributed by atoms with Crippen LogP contribution in [-0.4, -0.2) is 51.4 Å². The number of thiazole rings is 1. The maximum atomic E-state index is 13.2. The van der Waals surface area contributed by atoms with Crippen LogP contribution < -0.4 is 4.90 Å². The summed E-state index contributed by atoms with van der Waals surface area (Å²) in [7, 11) is 0. The first kappa shape index (κ1) is 20.2. The number of carbonyl (C=O) groups is 1. The number of pyridine rings is 1. The van der Waals surface area contributed by atoms with Gasteiger partial charge in [-0.3, -0.25) is 4.79 Å². The SMILES string of the molecule is O=C(c1ccn2cc(-c3ccccc3)nc2c1)N1CCN(c2nc3ccc(Cl)cc3s2)CC1. The summed E-state index contributed by atoms with van der Waals surface area (Å²) in [6, 6.07) is 19.6. The van der Waals surface area contributed by atoms with Crippen molar-refractivity contribution in [2.24, 2.45) is 0 Å². The van der Waals surface area contributed by atoms with E-state index in [-0.39, 0.29) is 5.91 Å². The molecule has 0 unspecified atom stereocenters. The van der Waals surface area contributed by atoms with Gasteiger partial charge in [-0.1, -0.05) is 53.3 Å². The molecule has 164 valence electrons. The first-order chi connectivity index (χ1) is 16.1. The van der Waals surface area contributed by atoms with Crippen LogP contribution in [0.3, 0.4) is 0 Å². The van der Waals surface area contributed by atoms with E-state index in [1.807, 2.05) is 82.4 Å². The lowest BCUT2D eigenvalue weighted by molar-refractivity contribution is 0.0746. The van der Waals surface area contributed by atoms with Gasteiger partial charge in [-0.05, 0) is 30.3 Å². The second-order valence-corrected chi connectivity index (χ2v) is 9.51. The molecular formula is C25H20ClN5OS. The van der Waals surface area contributed by atoms with Crippen LogP contribution in [0, 0.1) is 0 Å². The Labute approximate surface area is 199 Å². The molecule has 1 aliphatic rings. The summed E-state index contributed by atoms with van der Waals surface area (Å²) in [5, 5.41) is 1.70. The van der Waals surface area contributed by atoms with Crippen molar-refractivity contribution < 1.29 is 4.79 Å². The summed E-state index contributed by atoms with van der Waals surface area (Å²) in [4.78, 5) is 26.8. The van der Waals surface area contributed by atoms with E-state index in [1.54, 1.807) is 11.3 Å². The van der Waals surface area contributed by atoms with Crippen molar-refractivity contribution in [1.82, 2.24) is 19.3 Å². The Balaban J connectivity index is 1.17. The molecule has 0 radical (unpaired) electrons. The minimum absolute atomic E-state index is 0.0393. The quantitative estimate of drug-likeness (QED) is 0.360. The number of hydrogen-bond donors (Lipinski definition) is 0. The van der Waals surface area contributed by atoms with Gasteiger partial charge in [0.25, 0.3) is 5.91 Å². The van der Waals surface area contributed by atoms with E-state index < -0.39 is 0 Å². The molecular weight excluding hydrogens is 454 g/mol. The molecule has 0 saturated carbocycles. The molecule has 0 atom stereocenters. The molecule has 1 aliphatic heterocycles. The van der Waals surface area contributed by atoms with Gasteiger partial charge in [0.05, 0.1) is 15.9 Å².